The molecule has 0 radical (unpaired) electrons. The van der Waals surface area contributed by atoms with E-state index in [-0.39, 0.29) is 24.9 Å². The number of carbonyl (C=O) groups excluding carboxylic acids is 3. The number of halogens is 3. The lowest BCUT2D eigenvalue weighted by atomic mass is 10.1. The minimum atomic E-state index is -4.53. The molecule has 28 heavy (non-hydrogen) atoms. The van der Waals surface area contributed by atoms with E-state index in [1.807, 2.05) is 0 Å². The fourth-order valence-corrected chi connectivity index (χ4v) is 2.98. The van der Waals surface area contributed by atoms with Gasteiger partial charge in [0, 0.05) is 18.5 Å². The summed E-state index contributed by atoms with van der Waals surface area (Å²) in [5.41, 5.74) is -0.352. The maximum Gasteiger partial charge on any atom is 0.416 e. The number of fused-ring (bicyclic) bond motifs is 1. The van der Waals surface area contributed by atoms with E-state index in [0.29, 0.717) is 11.1 Å². The van der Waals surface area contributed by atoms with E-state index in [4.69, 9.17) is 4.74 Å². The molecule has 0 atom stereocenters. The summed E-state index contributed by atoms with van der Waals surface area (Å²) in [5.74, 6) is -1.55. The van der Waals surface area contributed by atoms with Gasteiger partial charge in [-0.1, -0.05) is 30.3 Å². The van der Waals surface area contributed by atoms with Gasteiger partial charge in [0.05, 0.1) is 16.7 Å². The number of amides is 2. The molecule has 1 aliphatic rings. The third-order valence-electron chi connectivity index (χ3n) is 4.35. The fourth-order valence-electron chi connectivity index (χ4n) is 2.98. The van der Waals surface area contributed by atoms with Gasteiger partial charge in [-0.25, -0.2) is 0 Å². The Morgan fingerprint density at radius 1 is 0.929 bits per heavy atom. The summed E-state index contributed by atoms with van der Waals surface area (Å²) >= 11 is 0. The molecule has 1 aliphatic heterocycles. The molecule has 2 amide bonds. The van der Waals surface area contributed by atoms with Crippen molar-refractivity contribution in [2.75, 3.05) is 6.54 Å². The van der Waals surface area contributed by atoms with Crippen molar-refractivity contribution >= 4 is 17.8 Å². The van der Waals surface area contributed by atoms with E-state index in [0.717, 1.165) is 11.0 Å². The van der Waals surface area contributed by atoms with E-state index < -0.39 is 36.1 Å². The van der Waals surface area contributed by atoms with Crippen LogP contribution in [0, 0.1) is 0 Å². The van der Waals surface area contributed by atoms with Gasteiger partial charge < -0.3 is 4.74 Å². The molecule has 1 heterocycles. The Morgan fingerprint density at radius 3 is 2.11 bits per heavy atom. The number of alkyl halides is 3. The number of hydrogen-bond donors (Lipinski definition) is 0. The van der Waals surface area contributed by atoms with Crippen molar-refractivity contribution in [1.82, 2.24) is 4.90 Å². The van der Waals surface area contributed by atoms with E-state index in [9.17, 15) is 27.6 Å². The van der Waals surface area contributed by atoms with Crippen LogP contribution >= 0.6 is 0 Å². The number of carbonyl (C=O) groups is 3. The van der Waals surface area contributed by atoms with Crippen LogP contribution in [0.5, 0.6) is 0 Å². The lowest BCUT2D eigenvalue weighted by Gasteiger charge is -2.14. The number of imide groups is 1. The van der Waals surface area contributed by atoms with Crippen LogP contribution < -0.4 is 0 Å². The maximum absolute atomic E-state index is 12.9. The Kier molecular flexibility index (Phi) is 5.48. The van der Waals surface area contributed by atoms with Gasteiger partial charge >= 0.3 is 12.1 Å². The normalized spacial score (nSPS) is 13.6. The SMILES string of the molecule is O=C(CCCN1C(=O)c2ccccc2C1=O)OCc1ccccc1C(F)(F)F. The average molecular weight is 391 g/mol. The molecule has 2 aromatic rings. The summed E-state index contributed by atoms with van der Waals surface area (Å²) < 4.78 is 43.7. The molecule has 0 N–H and O–H groups in total. The van der Waals surface area contributed by atoms with Gasteiger partial charge in [0.1, 0.15) is 6.61 Å². The molecule has 8 heteroatoms. The Morgan fingerprint density at radius 2 is 1.50 bits per heavy atom. The highest BCUT2D eigenvalue weighted by Gasteiger charge is 2.35. The number of ether oxygens (including phenoxy) is 1. The first kappa shape index (κ1) is 19.6. The summed E-state index contributed by atoms with van der Waals surface area (Å²) in [5, 5.41) is 0. The second-order valence-corrected chi connectivity index (χ2v) is 6.23. The number of esters is 1. The van der Waals surface area contributed by atoms with E-state index in [2.05, 4.69) is 0 Å². The maximum atomic E-state index is 12.9. The quantitative estimate of drug-likeness (QED) is 0.555. The van der Waals surface area contributed by atoms with Crippen LogP contribution in [0.25, 0.3) is 0 Å². The first-order chi connectivity index (χ1) is 13.3. The second kappa shape index (κ2) is 7.84. The molecule has 5 nitrogen and oxygen atoms in total. The summed E-state index contributed by atoms with van der Waals surface area (Å²) in [7, 11) is 0. The first-order valence-electron chi connectivity index (χ1n) is 8.55. The first-order valence-corrected chi connectivity index (χ1v) is 8.55. The third-order valence-corrected chi connectivity index (χ3v) is 4.35. The Bertz CT molecular complexity index is 889. The second-order valence-electron chi connectivity index (χ2n) is 6.23. The van der Waals surface area contributed by atoms with E-state index in [1.165, 1.54) is 18.2 Å². The van der Waals surface area contributed by atoms with Crippen molar-refractivity contribution in [2.24, 2.45) is 0 Å². The smallest absolute Gasteiger partial charge is 0.416 e. The number of benzene rings is 2. The van der Waals surface area contributed by atoms with E-state index in [1.54, 1.807) is 24.3 Å². The highest BCUT2D eigenvalue weighted by atomic mass is 19.4. The molecular weight excluding hydrogens is 375 g/mol. The minimum absolute atomic E-state index is 0.0284. The van der Waals surface area contributed by atoms with Crippen LogP contribution in [0.3, 0.4) is 0 Å². The molecule has 0 saturated heterocycles. The lowest BCUT2D eigenvalue weighted by Crippen LogP contribution is -2.31. The van der Waals surface area contributed by atoms with Gasteiger partial charge in [0.2, 0.25) is 0 Å². The van der Waals surface area contributed by atoms with Gasteiger partial charge in [-0.2, -0.15) is 13.2 Å². The zero-order valence-electron chi connectivity index (χ0n) is 14.7. The molecule has 0 aromatic heterocycles. The minimum Gasteiger partial charge on any atom is -0.461 e. The summed E-state index contributed by atoms with van der Waals surface area (Å²) in [6.45, 7) is -0.470. The molecule has 146 valence electrons. The van der Waals surface area contributed by atoms with Crippen LogP contribution in [0.2, 0.25) is 0 Å². The topological polar surface area (TPSA) is 63.7 Å². The Balaban J connectivity index is 1.50. The van der Waals surface area contributed by atoms with E-state index >= 15 is 0 Å². The molecule has 2 aromatic carbocycles. The molecule has 3 rings (SSSR count). The van der Waals surface area contributed by atoms with Crippen molar-refractivity contribution in [3.63, 3.8) is 0 Å². The Hall–Kier alpha value is -3.16. The highest BCUT2D eigenvalue weighted by molar-refractivity contribution is 6.21. The van der Waals surface area contributed by atoms with Gasteiger partial charge in [-0.15, -0.1) is 0 Å². The van der Waals surface area contributed by atoms with Crippen LogP contribution in [-0.2, 0) is 22.3 Å². The Labute approximate surface area is 158 Å². The molecular formula is C20H16F3NO4. The predicted molar refractivity (Wildman–Crippen MR) is 92.3 cm³/mol. The van der Waals surface area contributed by atoms with Crippen molar-refractivity contribution in [3.05, 3.63) is 70.8 Å². The fraction of sp³-hybridized carbons (Fsp3) is 0.250. The van der Waals surface area contributed by atoms with Crippen molar-refractivity contribution in [1.29, 1.82) is 0 Å². The standard InChI is InChI=1S/C20H16F3NO4/c21-20(22,23)16-9-4-1-6-13(16)12-28-17(25)10-5-11-24-18(26)14-7-2-3-8-15(14)19(24)27/h1-4,6-9H,5,10-12H2. The highest BCUT2D eigenvalue weighted by Crippen LogP contribution is 2.32. The van der Waals surface area contributed by atoms with Gasteiger partial charge in [-0.05, 0) is 24.6 Å². The molecule has 0 saturated carbocycles. The van der Waals surface area contributed by atoms with Crippen molar-refractivity contribution in [2.45, 2.75) is 25.6 Å². The molecule has 0 aliphatic carbocycles. The van der Waals surface area contributed by atoms with Gasteiger partial charge in [0.25, 0.3) is 11.8 Å². The summed E-state index contributed by atoms with van der Waals surface area (Å²) in [6.07, 6.45) is -4.50. The zero-order chi connectivity index (χ0) is 20.3. The zero-order valence-corrected chi connectivity index (χ0v) is 14.7. The average Bonchev–Trinajstić information content (AvgIpc) is 2.91. The van der Waals surface area contributed by atoms with Gasteiger partial charge in [-0.3, -0.25) is 19.3 Å². The summed E-state index contributed by atoms with van der Waals surface area (Å²) in [4.78, 5) is 37.3. The molecule has 0 unspecified atom stereocenters. The number of nitrogens with zero attached hydrogens (tertiary/aromatic N) is 1. The van der Waals surface area contributed by atoms with Crippen molar-refractivity contribution < 1.29 is 32.3 Å². The third kappa shape index (κ3) is 4.05. The van der Waals surface area contributed by atoms with Crippen LogP contribution in [0.1, 0.15) is 44.7 Å². The molecule has 0 bridgehead atoms. The molecule has 0 fully saturated rings. The van der Waals surface area contributed by atoms with Gasteiger partial charge in [0.15, 0.2) is 0 Å². The predicted octanol–water partition coefficient (Wildman–Crippen LogP) is 3.83. The van der Waals surface area contributed by atoms with Crippen LogP contribution in [0.4, 0.5) is 13.2 Å². The van der Waals surface area contributed by atoms with Crippen LogP contribution in [0.15, 0.2) is 48.5 Å². The largest absolute Gasteiger partial charge is 0.461 e. The lowest BCUT2D eigenvalue weighted by molar-refractivity contribution is -0.147. The monoisotopic (exact) mass is 391 g/mol. The summed E-state index contributed by atoms with van der Waals surface area (Å²) in [6, 6.07) is 11.3. The van der Waals surface area contributed by atoms with Crippen molar-refractivity contribution in [3.8, 4) is 0 Å². The number of hydrogen-bond acceptors (Lipinski definition) is 4. The number of rotatable bonds is 6. The molecule has 0 spiro atoms. The van der Waals surface area contributed by atoms with Crippen LogP contribution in [-0.4, -0.2) is 29.2 Å².